The number of esters is 1. The van der Waals surface area contributed by atoms with Gasteiger partial charge in [0.2, 0.25) is 5.89 Å². The lowest BCUT2D eigenvalue weighted by Gasteiger charge is -2.05. The first-order chi connectivity index (χ1) is 12.7. The van der Waals surface area contributed by atoms with E-state index < -0.39 is 5.97 Å². The molecule has 0 bridgehead atoms. The molecule has 0 unspecified atom stereocenters. The van der Waals surface area contributed by atoms with Crippen molar-refractivity contribution in [3.05, 3.63) is 78.4 Å². The van der Waals surface area contributed by atoms with Crippen LogP contribution in [0, 0.1) is 0 Å². The molecule has 0 aliphatic carbocycles. The number of oxazole rings is 1. The fourth-order valence-electron chi connectivity index (χ4n) is 2.59. The molecule has 3 aromatic carbocycles. The SMILES string of the molecule is COc1cccc(C(=O)Oc2ccc3nc(-c4ccccc4)oc3c2)c1. The second-order valence-electron chi connectivity index (χ2n) is 5.64. The average molecular weight is 345 g/mol. The van der Waals surface area contributed by atoms with Crippen LogP contribution >= 0.6 is 0 Å². The van der Waals surface area contributed by atoms with Crippen LogP contribution in [0.4, 0.5) is 0 Å². The predicted octanol–water partition coefficient (Wildman–Crippen LogP) is 4.72. The molecule has 1 heterocycles. The van der Waals surface area contributed by atoms with Crippen LogP contribution in [0.5, 0.6) is 11.5 Å². The van der Waals surface area contributed by atoms with Crippen molar-refractivity contribution in [2.24, 2.45) is 0 Å². The van der Waals surface area contributed by atoms with Crippen molar-refractivity contribution in [2.75, 3.05) is 7.11 Å². The number of hydrogen-bond acceptors (Lipinski definition) is 5. The van der Waals surface area contributed by atoms with Crippen molar-refractivity contribution in [3.8, 4) is 23.0 Å². The molecule has 4 aromatic rings. The van der Waals surface area contributed by atoms with Crippen molar-refractivity contribution in [1.29, 1.82) is 0 Å². The molecule has 1 aromatic heterocycles. The van der Waals surface area contributed by atoms with Crippen LogP contribution in [0.25, 0.3) is 22.6 Å². The van der Waals surface area contributed by atoms with Gasteiger partial charge in [-0.3, -0.25) is 0 Å². The number of rotatable bonds is 4. The van der Waals surface area contributed by atoms with E-state index in [2.05, 4.69) is 4.98 Å². The predicted molar refractivity (Wildman–Crippen MR) is 97.4 cm³/mol. The van der Waals surface area contributed by atoms with E-state index in [9.17, 15) is 4.79 Å². The minimum atomic E-state index is -0.467. The molecule has 0 spiro atoms. The van der Waals surface area contributed by atoms with Crippen molar-refractivity contribution >= 4 is 17.1 Å². The zero-order valence-corrected chi connectivity index (χ0v) is 14.0. The van der Waals surface area contributed by atoms with Gasteiger partial charge < -0.3 is 13.9 Å². The maximum atomic E-state index is 12.3. The van der Waals surface area contributed by atoms with Gasteiger partial charge in [0.25, 0.3) is 0 Å². The molecular weight excluding hydrogens is 330 g/mol. The van der Waals surface area contributed by atoms with Crippen LogP contribution < -0.4 is 9.47 Å². The molecule has 4 rings (SSSR count). The normalized spacial score (nSPS) is 10.7. The number of nitrogens with zero attached hydrogens (tertiary/aromatic N) is 1. The largest absolute Gasteiger partial charge is 0.497 e. The van der Waals surface area contributed by atoms with Gasteiger partial charge in [0, 0.05) is 11.6 Å². The van der Waals surface area contributed by atoms with Gasteiger partial charge in [-0.2, -0.15) is 0 Å². The molecule has 5 heteroatoms. The maximum absolute atomic E-state index is 12.3. The Morgan fingerprint density at radius 2 is 1.77 bits per heavy atom. The van der Waals surface area contributed by atoms with Gasteiger partial charge in [-0.15, -0.1) is 0 Å². The molecule has 0 N–H and O–H groups in total. The molecule has 5 nitrogen and oxygen atoms in total. The molecule has 0 aliphatic heterocycles. The van der Waals surface area contributed by atoms with Crippen LogP contribution in [-0.4, -0.2) is 18.1 Å². The first-order valence-corrected chi connectivity index (χ1v) is 8.05. The summed E-state index contributed by atoms with van der Waals surface area (Å²) in [4.78, 5) is 16.8. The Balaban J connectivity index is 1.60. The summed E-state index contributed by atoms with van der Waals surface area (Å²) in [6.45, 7) is 0. The summed E-state index contributed by atoms with van der Waals surface area (Å²) < 4.78 is 16.4. The molecule has 0 fully saturated rings. The third-order valence-electron chi connectivity index (χ3n) is 3.90. The number of hydrogen-bond donors (Lipinski definition) is 0. The number of fused-ring (bicyclic) bond motifs is 1. The highest BCUT2D eigenvalue weighted by atomic mass is 16.5. The maximum Gasteiger partial charge on any atom is 0.343 e. The zero-order valence-electron chi connectivity index (χ0n) is 14.0. The van der Waals surface area contributed by atoms with Gasteiger partial charge in [0.1, 0.15) is 17.0 Å². The Morgan fingerprint density at radius 1 is 0.923 bits per heavy atom. The molecule has 0 saturated heterocycles. The monoisotopic (exact) mass is 345 g/mol. The van der Waals surface area contributed by atoms with Crippen LogP contribution in [0.2, 0.25) is 0 Å². The molecule has 0 radical (unpaired) electrons. The number of aromatic nitrogens is 1. The number of carbonyl (C=O) groups is 1. The van der Waals surface area contributed by atoms with Gasteiger partial charge in [0.05, 0.1) is 12.7 Å². The summed E-state index contributed by atoms with van der Waals surface area (Å²) in [7, 11) is 1.55. The Bertz CT molecular complexity index is 1070. The van der Waals surface area contributed by atoms with Crippen LogP contribution in [0.15, 0.2) is 77.2 Å². The Morgan fingerprint density at radius 3 is 2.58 bits per heavy atom. The Kier molecular flexibility index (Phi) is 4.11. The highest BCUT2D eigenvalue weighted by Crippen LogP contribution is 2.27. The summed E-state index contributed by atoms with van der Waals surface area (Å²) in [5, 5.41) is 0. The summed E-state index contributed by atoms with van der Waals surface area (Å²) in [6.07, 6.45) is 0. The third kappa shape index (κ3) is 3.15. The molecule has 128 valence electrons. The molecule has 0 aliphatic rings. The smallest absolute Gasteiger partial charge is 0.343 e. The van der Waals surface area contributed by atoms with E-state index in [1.165, 1.54) is 0 Å². The first-order valence-electron chi connectivity index (χ1n) is 8.05. The van der Waals surface area contributed by atoms with E-state index >= 15 is 0 Å². The molecule has 26 heavy (non-hydrogen) atoms. The fourth-order valence-corrected chi connectivity index (χ4v) is 2.59. The van der Waals surface area contributed by atoms with E-state index in [0.717, 1.165) is 5.56 Å². The van der Waals surface area contributed by atoms with E-state index in [4.69, 9.17) is 13.9 Å². The van der Waals surface area contributed by atoms with E-state index in [1.807, 2.05) is 30.3 Å². The van der Waals surface area contributed by atoms with Crippen molar-refractivity contribution in [1.82, 2.24) is 4.98 Å². The molecule has 0 atom stereocenters. The van der Waals surface area contributed by atoms with Gasteiger partial charge in [-0.1, -0.05) is 24.3 Å². The van der Waals surface area contributed by atoms with E-state index in [-0.39, 0.29) is 0 Å². The fraction of sp³-hybridized carbons (Fsp3) is 0.0476. The minimum Gasteiger partial charge on any atom is -0.497 e. The molecular formula is C21H15NO4. The number of ether oxygens (including phenoxy) is 2. The Labute approximate surface area is 149 Å². The lowest BCUT2D eigenvalue weighted by atomic mass is 10.2. The highest BCUT2D eigenvalue weighted by Gasteiger charge is 2.13. The van der Waals surface area contributed by atoms with Gasteiger partial charge in [0.15, 0.2) is 5.58 Å². The van der Waals surface area contributed by atoms with E-state index in [1.54, 1.807) is 49.6 Å². The van der Waals surface area contributed by atoms with Crippen LogP contribution in [0.1, 0.15) is 10.4 Å². The standard InChI is InChI=1S/C21H15NO4/c1-24-16-9-5-8-15(12-16)21(23)25-17-10-11-18-19(13-17)26-20(22-18)14-6-3-2-4-7-14/h2-13H,1H3. The number of benzene rings is 3. The third-order valence-corrected chi connectivity index (χ3v) is 3.90. The van der Waals surface area contributed by atoms with E-state index in [0.29, 0.717) is 34.1 Å². The number of carbonyl (C=O) groups excluding carboxylic acids is 1. The van der Waals surface area contributed by atoms with Crippen molar-refractivity contribution in [3.63, 3.8) is 0 Å². The van der Waals surface area contributed by atoms with Crippen molar-refractivity contribution < 1.29 is 18.7 Å². The quantitative estimate of drug-likeness (QED) is 0.395. The Hall–Kier alpha value is -3.60. The minimum absolute atomic E-state index is 0.390. The lowest BCUT2D eigenvalue weighted by Crippen LogP contribution is -2.08. The zero-order chi connectivity index (χ0) is 17.9. The summed E-state index contributed by atoms with van der Waals surface area (Å²) in [5.74, 6) is 1.04. The highest BCUT2D eigenvalue weighted by molar-refractivity contribution is 5.92. The average Bonchev–Trinajstić information content (AvgIpc) is 3.12. The van der Waals surface area contributed by atoms with Crippen LogP contribution in [-0.2, 0) is 0 Å². The van der Waals surface area contributed by atoms with Crippen molar-refractivity contribution in [2.45, 2.75) is 0 Å². The van der Waals surface area contributed by atoms with Gasteiger partial charge in [-0.05, 0) is 42.5 Å². The molecule has 0 amide bonds. The second kappa shape index (κ2) is 6.72. The lowest BCUT2D eigenvalue weighted by molar-refractivity contribution is 0.0734. The summed E-state index contributed by atoms with van der Waals surface area (Å²) >= 11 is 0. The summed E-state index contributed by atoms with van der Waals surface area (Å²) in [5.41, 5.74) is 2.55. The molecule has 0 saturated carbocycles. The van der Waals surface area contributed by atoms with Gasteiger partial charge in [-0.25, -0.2) is 9.78 Å². The van der Waals surface area contributed by atoms with Crippen LogP contribution in [0.3, 0.4) is 0 Å². The van der Waals surface area contributed by atoms with Gasteiger partial charge >= 0.3 is 5.97 Å². The second-order valence-corrected chi connectivity index (χ2v) is 5.64. The first kappa shape index (κ1) is 15.9. The topological polar surface area (TPSA) is 61.6 Å². The number of methoxy groups -OCH3 is 1. The summed E-state index contributed by atoms with van der Waals surface area (Å²) in [6, 6.07) is 21.5.